The zero-order chi connectivity index (χ0) is 22.2. The van der Waals surface area contributed by atoms with Gasteiger partial charge in [-0.15, -0.1) is 12.3 Å². The summed E-state index contributed by atoms with van der Waals surface area (Å²) in [7, 11) is 0. The molecule has 7 nitrogen and oxygen atoms in total. The van der Waals surface area contributed by atoms with E-state index in [1.54, 1.807) is 0 Å². The lowest BCUT2D eigenvalue weighted by molar-refractivity contribution is -0.139. The Labute approximate surface area is 180 Å². The highest BCUT2D eigenvalue weighted by molar-refractivity contribution is 5.89. The highest BCUT2D eigenvalue weighted by Gasteiger charge is 2.30. The smallest absolute Gasteiger partial charge is 0.407 e. The van der Waals surface area contributed by atoms with E-state index in [1.165, 1.54) is 0 Å². The van der Waals surface area contributed by atoms with E-state index in [4.69, 9.17) is 16.3 Å². The highest BCUT2D eigenvalue weighted by Crippen LogP contribution is 2.44. The predicted molar refractivity (Wildman–Crippen MR) is 115 cm³/mol. The van der Waals surface area contributed by atoms with Crippen LogP contribution in [0.5, 0.6) is 0 Å². The third-order valence-electron chi connectivity index (χ3n) is 5.13. The van der Waals surface area contributed by atoms with Gasteiger partial charge in [-0.3, -0.25) is 9.59 Å². The minimum Gasteiger partial charge on any atom is -0.481 e. The van der Waals surface area contributed by atoms with Gasteiger partial charge in [0.1, 0.15) is 12.6 Å². The summed E-state index contributed by atoms with van der Waals surface area (Å²) >= 11 is 0. The van der Waals surface area contributed by atoms with Crippen molar-refractivity contribution in [3.63, 3.8) is 0 Å². The predicted octanol–water partition coefficient (Wildman–Crippen LogP) is 2.90. The first-order valence-corrected chi connectivity index (χ1v) is 10.1. The molecule has 0 bridgehead atoms. The van der Waals surface area contributed by atoms with Gasteiger partial charge in [0.2, 0.25) is 5.91 Å². The minimum atomic E-state index is -1.24. The van der Waals surface area contributed by atoms with Crippen LogP contribution in [0.1, 0.15) is 36.3 Å². The molecule has 0 radical (unpaired) electrons. The van der Waals surface area contributed by atoms with E-state index in [9.17, 15) is 14.4 Å². The monoisotopic (exact) mass is 420 g/mol. The number of terminal acetylenes is 1. The molecule has 1 aliphatic carbocycles. The number of benzene rings is 2. The molecule has 31 heavy (non-hydrogen) atoms. The largest absolute Gasteiger partial charge is 0.481 e. The van der Waals surface area contributed by atoms with Gasteiger partial charge in [0.05, 0.1) is 6.42 Å². The van der Waals surface area contributed by atoms with Crippen LogP contribution in [0, 0.1) is 12.3 Å². The zero-order valence-electron chi connectivity index (χ0n) is 17.0. The molecule has 1 aliphatic rings. The Kier molecular flexibility index (Phi) is 7.28. The fourth-order valence-corrected chi connectivity index (χ4v) is 3.69. The van der Waals surface area contributed by atoms with E-state index < -0.39 is 30.4 Å². The summed E-state index contributed by atoms with van der Waals surface area (Å²) in [5.74, 6) is 0.531. The van der Waals surface area contributed by atoms with Crippen LogP contribution in [0.25, 0.3) is 11.1 Å². The van der Waals surface area contributed by atoms with Crippen molar-refractivity contribution in [2.24, 2.45) is 0 Å². The van der Waals surface area contributed by atoms with Crippen molar-refractivity contribution >= 4 is 18.0 Å². The molecular weight excluding hydrogens is 396 g/mol. The number of carbonyl (C=O) groups excluding carboxylic acids is 2. The maximum absolute atomic E-state index is 12.4. The summed E-state index contributed by atoms with van der Waals surface area (Å²) < 4.78 is 5.40. The molecule has 0 saturated heterocycles. The summed E-state index contributed by atoms with van der Waals surface area (Å²) in [5.41, 5.74) is 4.32. The third-order valence-corrected chi connectivity index (χ3v) is 5.13. The number of rotatable bonds is 9. The second-order valence-electron chi connectivity index (χ2n) is 7.22. The topological polar surface area (TPSA) is 105 Å². The Morgan fingerprint density at radius 1 is 1.06 bits per heavy atom. The van der Waals surface area contributed by atoms with Crippen LogP contribution in [0.2, 0.25) is 0 Å². The average Bonchev–Trinajstić information content (AvgIpc) is 3.08. The molecule has 1 unspecified atom stereocenters. The van der Waals surface area contributed by atoms with E-state index in [-0.39, 0.29) is 12.5 Å². The number of unbranched alkanes of at least 4 members (excludes halogenated alkanes) is 1. The number of fused-ring (bicyclic) bond motifs is 3. The van der Waals surface area contributed by atoms with Crippen molar-refractivity contribution in [1.29, 1.82) is 0 Å². The molecule has 2 amide bonds. The minimum absolute atomic E-state index is 0.0729. The molecule has 0 heterocycles. The Bertz CT molecular complexity index is 966. The van der Waals surface area contributed by atoms with E-state index in [2.05, 4.69) is 16.6 Å². The fourth-order valence-electron chi connectivity index (χ4n) is 3.69. The molecule has 3 N–H and O–H groups in total. The van der Waals surface area contributed by atoms with E-state index in [0.717, 1.165) is 22.3 Å². The number of ether oxygens (including phenoxy) is 1. The number of aliphatic carboxylic acids is 1. The van der Waals surface area contributed by atoms with Gasteiger partial charge in [-0.05, 0) is 28.7 Å². The second kappa shape index (κ2) is 10.3. The number of hydrogen-bond donors (Lipinski definition) is 3. The van der Waals surface area contributed by atoms with Crippen LogP contribution in [-0.2, 0) is 14.3 Å². The molecule has 2 aromatic carbocycles. The Morgan fingerprint density at radius 3 is 2.26 bits per heavy atom. The number of amides is 2. The molecule has 3 rings (SSSR count). The normalized spacial score (nSPS) is 12.7. The fraction of sp³-hybridized carbons (Fsp3) is 0.292. The lowest BCUT2D eigenvalue weighted by atomic mass is 9.98. The Hall–Kier alpha value is -3.79. The molecule has 160 valence electrons. The molecule has 7 heteroatoms. The molecule has 0 fully saturated rings. The molecule has 0 spiro atoms. The van der Waals surface area contributed by atoms with Crippen molar-refractivity contribution < 1.29 is 24.2 Å². The van der Waals surface area contributed by atoms with Gasteiger partial charge in [-0.25, -0.2) is 4.79 Å². The van der Waals surface area contributed by atoms with Crippen LogP contribution >= 0.6 is 0 Å². The van der Waals surface area contributed by atoms with Crippen molar-refractivity contribution in [3.05, 3.63) is 59.7 Å². The van der Waals surface area contributed by atoms with Crippen LogP contribution in [0.3, 0.4) is 0 Å². The third kappa shape index (κ3) is 5.43. The molecular formula is C24H24N2O5. The second-order valence-corrected chi connectivity index (χ2v) is 7.22. The van der Waals surface area contributed by atoms with Gasteiger partial charge in [0.15, 0.2) is 0 Å². The maximum Gasteiger partial charge on any atom is 0.407 e. The maximum atomic E-state index is 12.4. The Morgan fingerprint density at radius 2 is 1.68 bits per heavy atom. The van der Waals surface area contributed by atoms with E-state index >= 15 is 0 Å². The molecule has 2 aromatic rings. The first-order valence-electron chi connectivity index (χ1n) is 10.1. The molecule has 0 saturated carbocycles. The van der Waals surface area contributed by atoms with Crippen LogP contribution in [0.4, 0.5) is 4.79 Å². The van der Waals surface area contributed by atoms with E-state index in [0.29, 0.717) is 19.4 Å². The number of hydrogen-bond acceptors (Lipinski definition) is 4. The first-order chi connectivity index (χ1) is 15.0. The summed E-state index contributed by atoms with van der Waals surface area (Å²) in [4.78, 5) is 35.7. The van der Waals surface area contributed by atoms with Gasteiger partial charge >= 0.3 is 12.1 Å². The summed E-state index contributed by atoms with van der Waals surface area (Å²) in [6, 6.07) is 14.6. The standard InChI is InChI=1S/C24H24N2O5/c1-2-3-8-13-25-23(29)21(14-22(27)28)26-24(30)31-15-20-18-11-6-4-9-16(18)17-10-5-7-12-19(17)20/h1,4-7,9-12,20-21H,3,8,13-15H2,(H,25,29)(H,26,30)(H,27,28). The zero-order valence-corrected chi connectivity index (χ0v) is 17.0. The molecule has 0 aliphatic heterocycles. The molecule has 1 atom stereocenters. The summed E-state index contributed by atoms with van der Waals surface area (Å²) in [6.07, 6.45) is 4.83. The summed E-state index contributed by atoms with van der Waals surface area (Å²) in [5, 5.41) is 14.0. The van der Waals surface area contributed by atoms with Crippen LogP contribution < -0.4 is 10.6 Å². The van der Waals surface area contributed by atoms with Gasteiger partial charge in [0.25, 0.3) is 0 Å². The average molecular weight is 420 g/mol. The number of carboxylic acids is 1. The van der Waals surface area contributed by atoms with Gasteiger partial charge in [-0.1, -0.05) is 48.5 Å². The van der Waals surface area contributed by atoms with Gasteiger partial charge in [-0.2, -0.15) is 0 Å². The van der Waals surface area contributed by atoms with Crippen LogP contribution in [-0.4, -0.2) is 42.3 Å². The van der Waals surface area contributed by atoms with Crippen LogP contribution in [0.15, 0.2) is 48.5 Å². The van der Waals surface area contributed by atoms with Gasteiger partial charge < -0.3 is 20.5 Å². The quantitative estimate of drug-likeness (QED) is 0.427. The lowest BCUT2D eigenvalue weighted by Gasteiger charge is -2.18. The first kappa shape index (κ1) is 21.9. The lowest BCUT2D eigenvalue weighted by Crippen LogP contribution is -2.48. The highest BCUT2D eigenvalue weighted by atomic mass is 16.5. The number of alkyl carbamates (subject to hydrolysis) is 1. The van der Waals surface area contributed by atoms with Gasteiger partial charge in [0, 0.05) is 18.9 Å². The number of carbonyl (C=O) groups is 3. The van der Waals surface area contributed by atoms with Crippen molar-refractivity contribution in [1.82, 2.24) is 10.6 Å². The number of carboxylic acid groups (broad SMARTS) is 1. The Balaban J connectivity index is 1.62. The number of nitrogens with one attached hydrogen (secondary N) is 2. The summed E-state index contributed by atoms with van der Waals surface area (Å²) in [6.45, 7) is 0.370. The van der Waals surface area contributed by atoms with Crippen molar-refractivity contribution in [2.45, 2.75) is 31.2 Å². The SMILES string of the molecule is C#CCCCNC(=O)C(CC(=O)O)NC(=O)OCC1c2ccccc2-c2ccccc21. The molecule has 0 aromatic heterocycles. The van der Waals surface area contributed by atoms with Crippen molar-refractivity contribution in [3.8, 4) is 23.5 Å². The van der Waals surface area contributed by atoms with Crippen molar-refractivity contribution in [2.75, 3.05) is 13.2 Å². The van der Waals surface area contributed by atoms with E-state index in [1.807, 2.05) is 48.5 Å².